The standard InChI is InChI=1S/C19H23F3N8O7S/c20-19(21,22)11-6-5-10(13(14(11)38(23,36)37)15-27-29-30-28-15)8-1-3-9(4-2-8)25-16(31)12(26-18(34)35)7-24-17(32)33/h5-6,8-9,12,24,26H,1-4,7H2,(H,25,31)(H,32,33)(H,34,35)(H2,23,36,37)(H,27,28,29,30)/t8?,9?,12-/m0/s1. The summed E-state index contributed by atoms with van der Waals surface area (Å²) in [7, 11) is -4.89. The molecular weight excluding hydrogens is 541 g/mol. The van der Waals surface area contributed by atoms with Crippen LogP contribution in [0, 0.1) is 0 Å². The highest BCUT2D eigenvalue weighted by molar-refractivity contribution is 7.89. The number of nitrogens with zero attached hydrogens (tertiary/aromatic N) is 3. The third-order valence-electron chi connectivity index (χ3n) is 5.93. The van der Waals surface area contributed by atoms with E-state index in [1.54, 1.807) is 0 Å². The minimum Gasteiger partial charge on any atom is -0.465 e. The van der Waals surface area contributed by atoms with Crippen molar-refractivity contribution in [1.82, 2.24) is 36.6 Å². The molecule has 3 amide bonds. The number of carboxylic acid groups (broad SMARTS) is 2. The molecule has 15 nitrogen and oxygen atoms in total. The molecule has 0 saturated heterocycles. The SMILES string of the molecule is NS(=O)(=O)c1c(C(F)(F)F)ccc(C2CCC(NC(=O)[C@H](CNC(=O)O)NC(=O)O)CC2)c1-c1nn[nH]n1. The predicted octanol–water partition coefficient (Wildman–Crippen LogP) is 0.579. The van der Waals surface area contributed by atoms with Gasteiger partial charge in [-0.25, -0.2) is 23.1 Å². The van der Waals surface area contributed by atoms with E-state index in [-0.39, 0.29) is 24.2 Å². The van der Waals surface area contributed by atoms with Gasteiger partial charge >= 0.3 is 18.4 Å². The van der Waals surface area contributed by atoms with E-state index < -0.39 is 74.9 Å². The molecule has 8 N–H and O–H groups in total. The number of hydrogen-bond acceptors (Lipinski definition) is 8. The molecule has 19 heteroatoms. The van der Waals surface area contributed by atoms with Crippen LogP contribution in [-0.2, 0) is 21.0 Å². The Labute approximate surface area is 212 Å². The number of tetrazole rings is 1. The zero-order valence-electron chi connectivity index (χ0n) is 19.3. The molecule has 1 heterocycles. The van der Waals surface area contributed by atoms with Gasteiger partial charge in [0.2, 0.25) is 21.8 Å². The number of carbonyl (C=O) groups excluding carboxylic acids is 1. The first-order valence-electron chi connectivity index (χ1n) is 11.0. The Morgan fingerprint density at radius 1 is 1.13 bits per heavy atom. The van der Waals surface area contributed by atoms with Crippen molar-refractivity contribution in [3.05, 3.63) is 23.3 Å². The molecule has 1 fully saturated rings. The molecule has 1 aliphatic carbocycles. The summed E-state index contributed by atoms with van der Waals surface area (Å²) in [6, 6.07) is -0.109. The van der Waals surface area contributed by atoms with E-state index >= 15 is 0 Å². The summed E-state index contributed by atoms with van der Waals surface area (Å²) in [4.78, 5) is 33.0. The molecule has 0 bridgehead atoms. The molecule has 2 aromatic rings. The van der Waals surface area contributed by atoms with Gasteiger partial charge in [0, 0.05) is 11.6 Å². The molecule has 1 aliphatic rings. The van der Waals surface area contributed by atoms with Crippen LogP contribution in [0.4, 0.5) is 22.8 Å². The minimum absolute atomic E-state index is 0.198. The predicted molar refractivity (Wildman–Crippen MR) is 120 cm³/mol. The number of aromatic nitrogens is 4. The number of H-pyrrole nitrogens is 1. The first kappa shape index (κ1) is 28.6. The Morgan fingerprint density at radius 2 is 1.79 bits per heavy atom. The molecular formula is C19H23F3N8O7S. The summed E-state index contributed by atoms with van der Waals surface area (Å²) in [5, 5.41) is 42.0. The van der Waals surface area contributed by atoms with Crippen LogP contribution < -0.4 is 21.1 Å². The van der Waals surface area contributed by atoms with E-state index in [1.807, 2.05) is 10.6 Å². The fourth-order valence-corrected chi connectivity index (χ4v) is 5.34. The first-order chi connectivity index (χ1) is 17.7. The number of aromatic amines is 1. The molecule has 38 heavy (non-hydrogen) atoms. The molecule has 0 spiro atoms. The van der Waals surface area contributed by atoms with Crippen LogP contribution in [0.3, 0.4) is 0 Å². The normalized spacial score (nSPS) is 18.8. The van der Waals surface area contributed by atoms with Gasteiger partial charge in [0.25, 0.3) is 0 Å². The van der Waals surface area contributed by atoms with Crippen LogP contribution in [0.15, 0.2) is 17.0 Å². The van der Waals surface area contributed by atoms with Crippen molar-refractivity contribution in [1.29, 1.82) is 0 Å². The Bertz CT molecular complexity index is 1300. The third kappa shape index (κ3) is 6.85. The fraction of sp³-hybridized carbons (Fsp3) is 0.474. The molecule has 208 valence electrons. The second-order valence-electron chi connectivity index (χ2n) is 8.43. The van der Waals surface area contributed by atoms with Gasteiger partial charge in [-0.2, -0.15) is 18.4 Å². The molecule has 3 rings (SSSR count). The van der Waals surface area contributed by atoms with Gasteiger partial charge in [-0.15, -0.1) is 10.2 Å². The summed E-state index contributed by atoms with van der Waals surface area (Å²) in [5.41, 5.74) is -1.70. The lowest BCUT2D eigenvalue weighted by atomic mass is 9.79. The largest absolute Gasteiger partial charge is 0.465 e. The van der Waals surface area contributed by atoms with Gasteiger partial charge in [-0.3, -0.25) is 4.79 Å². The Hall–Kier alpha value is -4.00. The lowest BCUT2D eigenvalue weighted by Crippen LogP contribution is -2.54. The van der Waals surface area contributed by atoms with Crippen LogP contribution in [0.2, 0.25) is 0 Å². The maximum Gasteiger partial charge on any atom is 0.417 e. The highest BCUT2D eigenvalue weighted by atomic mass is 32.2. The molecule has 0 aliphatic heterocycles. The lowest BCUT2D eigenvalue weighted by Gasteiger charge is -2.31. The Kier molecular flexibility index (Phi) is 8.40. The average Bonchev–Trinajstić information content (AvgIpc) is 3.34. The topological polar surface area (TPSA) is 242 Å². The lowest BCUT2D eigenvalue weighted by molar-refractivity contribution is -0.139. The number of rotatable bonds is 8. The fourth-order valence-electron chi connectivity index (χ4n) is 4.35. The quantitative estimate of drug-likeness (QED) is 0.235. The molecule has 0 radical (unpaired) electrons. The van der Waals surface area contributed by atoms with Gasteiger partial charge in [-0.1, -0.05) is 6.07 Å². The molecule has 1 saturated carbocycles. The Balaban J connectivity index is 1.85. The van der Waals surface area contributed by atoms with E-state index in [4.69, 9.17) is 15.4 Å². The molecule has 0 unspecified atom stereocenters. The van der Waals surface area contributed by atoms with E-state index in [1.165, 1.54) is 0 Å². The van der Waals surface area contributed by atoms with E-state index in [2.05, 4.69) is 25.9 Å². The van der Waals surface area contributed by atoms with Crippen molar-refractivity contribution in [2.45, 2.75) is 54.8 Å². The van der Waals surface area contributed by atoms with Gasteiger partial charge in [0.1, 0.15) is 10.9 Å². The van der Waals surface area contributed by atoms with Crippen molar-refractivity contribution in [2.75, 3.05) is 6.54 Å². The first-order valence-corrected chi connectivity index (χ1v) is 12.5. The number of nitrogens with two attached hydrogens (primary N) is 1. The number of carbonyl (C=O) groups is 3. The maximum absolute atomic E-state index is 13.7. The van der Waals surface area contributed by atoms with Crippen molar-refractivity contribution in [2.24, 2.45) is 5.14 Å². The van der Waals surface area contributed by atoms with E-state index in [0.717, 1.165) is 6.07 Å². The maximum atomic E-state index is 13.7. The summed E-state index contributed by atoms with van der Waals surface area (Å²) < 4.78 is 65.7. The van der Waals surface area contributed by atoms with Gasteiger partial charge in [0.15, 0.2) is 0 Å². The summed E-state index contributed by atoms with van der Waals surface area (Å²) >= 11 is 0. The minimum atomic E-state index is -5.04. The van der Waals surface area contributed by atoms with E-state index in [0.29, 0.717) is 18.9 Å². The average molecular weight is 565 g/mol. The molecule has 1 aromatic heterocycles. The van der Waals surface area contributed by atoms with E-state index in [9.17, 15) is 36.0 Å². The number of alkyl halides is 3. The molecule has 1 atom stereocenters. The number of benzene rings is 1. The number of hydrogen-bond donors (Lipinski definition) is 7. The second kappa shape index (κ2) is 11.2. The summed E-state index contributed by atoms with van der Waals surface area (Å²) in [6.07, 6.45) is -6.88. The van der Waals surface area contributed by atoms with Gasteiger partial charge < -0.3 is 26.2 Å². The highest BCUT2D eigenvalue weighted by Crippen LogP contribution is 2.44. The molecule has 1 aromatic carbocycles. The smallest absolute Gasteiger partial charge is 0.417 e. The number of nitrogens with one attached hydrogen (secondary N) is 4. The van der Waals surface area contributed by atoms with Crippen molar-refractivity contribution in [3.63, 3.8) is 0 Å². The highest BCUT2D eigenvalue weighted by Gasteiger charge is 2.41. The number of amides is 3. The van der Waals surface area contributed by atoms with Crippen LogP contribution in [0.5, 0.6) is 0 Å². The van der Waals surface area contributed by atoms with Crippen LogP contribution in [-0.4, -0.2) is 76.0 Å². The zero-order chi connectivity index (χ0) is 28.3. The monoisotopic (exact) mass is 564 g/mol. The van der Waals surface area contributed by atoms with Crippen LogP contribution in [0.25, 0.3) is 11.4 Å². The van der Waals surface area contributed by atoms with Crippen molar-refractivity contribution < 1.29 is 46.2 Å². The Morgan fingerprint density at radius 3 is 2.29 bits per heavy atom. The van der Waals surface area contributed by atoms with Crippen LogP contribution in [0.1, 0.15) is 42.7 Å². The number of primary sulfonamides is 1. The van der Waals surface area contributed by atoms with Crippen LogP contribution >= 0.6 is 0 Å². The summed E-state index contributed by atoms with van der Waals surface area (Å²) in [6.45, 7) is -0.515. The number of halogens is 3. The van der Waals surface area contributed by atoms with Gasteiger partial charge in [-0.05, 0) is 48.4 Å². The number of sulfonamides is 1. The van der Waals surface area contributed by atoms with Crippen molar-refractivity contribution >= 4 is 28.1 Å². The van der Waals surface area contributed by atoms with Gasteiger partial charge in [0.05, 0.1) is 12.1 Å². The third-order valence-corrected chi connectivity index (χ3v) is 6.93. The summed E-state index contributed by atoms with van der Waals surface area (Å²) in [5.74, 6) is -1.64. The van der Waals surface area contributed by atoms with Crippen molar-refractivity contribution in [3.8, 4) is 11.4 Å². The zero-order valence-corrected chi connectivity index (χ0v) is 20.1. The second-order valence-corrected chi connectivity index (χ2v) is 9.93.